The lowest BCUT2D eigenvalue weighted by Crippen LogP contribution is -2.51. The van der Waals surface area contributed by atoms with Crippen LogP contribution in [0.1, 0.15) is 42.3 Å². The minimum atomic E-state index is -0.850. The molecule has 1 aromatic carbocycles. The SMILES string of the molecule is CC1CCC2(CC1)NC(=O)N(NC(=O)c1cc3ccccc3s1)C2=O. The molecule has 2 fully saturated rings. The molecular weight excluding hydrogens is 338 g/mol. The van der Waals surface area contributed by atoms with Gasteiger partial charge in [0.2, 0.25) is 0 Å². The first-order chi connectivity index (χ1) is 12.0. The normalized spacial score (nSPS) is 26.3. The predicted octanol–water partition coefficient (Wildman–Crippen LogP) is 3.05. The Balaban J connectivity index is 1.53. The Morgan fingerprint density at radius 2 is 2.00 bits per heavy atom. The van der Waals surface area contributed by atoms with Crippen LogP contribution in [0.2, 0.25) is 0 Å². The Labute approximate surface area is 149 Å². The van der Waals surface area contributed by atoms with Gasteiger partial charge in [0, 0.05) is 4.70 Å². The van der Waals surface area contributed by atoms with E-state index < -0.39 is 17.5 Å². The van der Waals surface area contributed by atoms with Gasteiger partial charge in [-0.2, -0.15) is 5.01 Å². The molecule has 4 amide bonds. The summed E-state index contributed by atoms with van der Waals surface area (Å²) < 4.78 is 0.989. The molecular formula is C18H19N3O3S. The minimum Gasteiger partial charge on any atom is -0.322 e. The second-order valence-electron chi connectivity index (χ2n) is 6.92. The number of benzene rings is 1. The van der Waals surface area contributed by atoms with E-state index >= 15 is 0 Å². The maximum absolute atomic E-state index is 12.8. The molecule has 130 valence electrons. The highest BCUT2D eigenvalue weighted by molar-refractivity contribution is 7.20. The highest BCUT2D eigenvalue weighted by Gasteiger charge is 2.52. The van der Waals surface area contributed by atoms with Crippen molar-refractivity contribution in [2.45, 2.75) is 38.1 Å². The van der Waals surface area contributed by atoms with Gasteiger partial charge in [-0.15, -0.1) is 11.3 Å². The lowest BCUT2D eigenvalue weighted by Gasteiger charge is -2.33. The van der Waals surface area contributed by atoms with Crippen molar-refractivity contribution in [2.24, 2.45) is 5.92 Å². The Morgan fingerprint density at radius 3 is 2.72 bits per heavy atom. The Bertz CT molecular complexity index is 834. The molecule has 1 aliphatic carbocycles. The van der Waals surface area contributed by atoms with Gasteiger partial charge in [0.15, 0.2) is 0 Å². The summed E-state index contributed by atoms with van der Waals surface area (Å²) in [6.07, 6.45) is 3.02. The van der Waals surface area contributed by atoms with Crippen LogP contribution in [-0.4, -0.2) is 28.4 Å². The van der Waals surface area contributed by atoms with E-state index in [9.17, 15) is 14.4 Å². The number of hydrazine groups is 1. The highest BCUT2D eigenvalue weighted by Crippen LogP contribution is 2.36. The first kappa shape index (κ1) is 16.1. The van der Waals surface area contributed by atoms with Crippen molar-refractivity contribution in [1.29, 1.82) is 0 Å². The van der Waals surface area contributed by atoms with Crippen LogP contribution in [0.3, 0.4) is 0 Å². The summed E-state index contributed by atoms with van der Waals surface area (Å²) in [5, 5.41) is 4.61. The van der Waals surface area contributed by atoms with Gasteiger partial charge >= 0.3 is 6.03 Å². The zero-order valence-corrected chi connectivity index (χ0v) is 14.7. The maximum atomic E-state index is 12.8. The lowest BCUT2D eigenvalue weighted by atomic mass is 9.77. The van der Waals surface area contributed by atoms with Gasteiger partial charge in [0.1, 0.15) is 5.54 Å². The summed E-state index contributed by atoms with van der Waals surface area (Å²) in [4.78, 5) is 38.0. The molecule has 0 bridgehead atoms. The Hall–Kier alpha value is -2.41. The third-order valence-electron chi connectivity index (χ3n) is 5.15. The van der Waals surface area contributed by atoms with Crippen LogP contribution in [-0.2, 0) is 4.79 Å². The summed E-state index contributed by atoms with van der Waals surface area (Å²) in [7, 11) is 0. The Kier molecular flexibility index (Phi) is 3.76. The average molecular weight is 357 g/mol. The number of carbonyl (C=O) groups excluding carboxylic acids is 3. The number of amides is 4. The number of nitrogens with one attached hydrogen (secondary N) is 2. The molecule has 1 aliphatic heterocycles. The number of imide groups is 1. The number of carbonyl (C=O) groups is 3. The average Bonchev–Trinajstić information content (AvgIpc) is 3.13. The van der Waals surface area contributed by atoms with E-state index in [0.29, 0.717) is 23.6 Å². The summed E-state index contributed by atoms with van der Waals surface area (Å²) in [5.74, 6) is -0.234. The molecule has 2 heterocycles. The quantitative estimate of drug-likeness (QED) is 0.811. The van der Waals surface area contributed by atoms with Crippen molar-refractivity contribution in [2.75, 3.05) is 0 Å². The van der Waals surface area contributed by atoms with Crippen molar-refractivity contribution in [3.05, 3.63) is 35.2 Å². The third kappa shape index (κ3) is 2.68. The number of thiophene rings is 1. The number of hydrogen-bond donors (Lipinski definition) is 2. The van der Waals surface area contributed by atoms with Crippen molar-refractivity contribution < 1.29 is 14.4 Å². The van der Waals surface area contributed by atoms with Crippen LogP contribution in [0.4, 0.5) is 4.79 Å². The first-order valence-corrected chi connectivity index (χ1v) is 9.26. The van der Waals surface area contributed by atoms with E-state index in [-0.39, 0.29) is 5.91 Å². The fourth-order valence-electron chi connectivity index (χ4n) is 3.57. The molecule has 1 spiro atoms. The maximum Gasteiger partial charge on any atom is 0.344 e. The number of hydrogen-bond acceptors (Lipinski definition) is 4. The molecule has 1 aromatic heterocycles. The second-order valence-corrected chi connectivity index (χ2v) is 8.01. The Morgan fingerprint density at radius 1 is 1.28 bits per heavy atom. The zero-order chi connectivity index (χ0) is 17.6. The van der Waals surface area contributed by atoms with Crippen LogP contribution in [0.15, 0.2) is 30.3 Å². The zero-order valence-electron chi connectivity index (χ0n) is 13.9. The molecule has 4 rings (SSSR count). The smallest absolute Gasteiger partial charge is 0.322 e. The fourth-order valence-corrected chi connectivity index (χ4v) is 4.52. The third-order valence-corrected chi connectivity index (χ3v) is 6.27. The standard InChI is InChI=1S/C18H19N3O3S/c1-11-6-8-18(9-7-11)16(23)21(17(24)19-18)20-15(22)14-10-12-4-2-3-5-13(12)25-14/h2-5,10-11H,6-9H2,1H3,(H,19,24)(H,20,22). The van der Waals surface area contributed by atoms with E-state index in [0.717, 1.165) is 27.9 Å². The minimum absolute atomic E-state index is 0.348. The topological polar surface area (TPSA) is 78.5 Å². The summed E-state index contributed by atoms with van der Waals surface area (Å²) >= 11 is 1.34. The van der Waals surface area contributed by atoms with Gasteiger partial charge in [-0.3, -0.25) is 15.0 Å². The molecule has 6 nitrogen and oxygen atoms in total. The largest absolute Gasteiger partial charge is 0.344 e. The van der Waals surface area contributed by atoms with Crippen LogP contribution in [0.25, 0.3) is 10.1 Å². The van der Waals surface area contributed by atoms with Crippen molar-refractivity contribution >= 4 is 39.3 Å². The van der Waals surface area contributed by atoms with E-state index in [1.165, 1.54) is 11.3 Å². The van der Waals surface area contributed by atoms with E-state index in [1.807, 2.05) is 24.3 Å². The first-order valence-electron chi connectivity index (χ1n) is 8.45. The molecule has 25 heavy (non-hydrogen) atoms. The van der Waals surface area contributed by atoms with Crippen LogP contribution < -0.4 is 10.7 Å². The van der Waals surface area contributed by atoms with Gasteiger partial charge in [0.25, 0.3) is 11.8 Å². The van der Waals surface area contributed by atoms with Gasteiger partial charge in [-0.1, -0.05) is 25.1 Å². The summed E-state index contributed by atoms with van der Waals surface area (Å²) in [6, 6.07) is 8.89. The van der Waals surface area contributed by atoms with E-state index in [1.54, 1.807) is 6.07 Å². The van der Waals surface area contributed by atoms with Gasteiger partial charge in [-0.05, 0) is 49.1 Å². The second kappa shape index (κ2) is 5.84. The molecule has 2 N–H and O–H groups in total. The molecule has 0 atom stereocenters. The number of nitrogens with zero attached hydrogens (tertiary/aromatic N) is 1. The molecule has 2 aliphatic rings. The van der Waals surface area contributed by atoms with Crippen molar-refractivity contribution in [1.82, 2.24) is 15.8 Å². The number of urea groups is 1. The van der Waals surface area contributed by atoms with Gasteiger partial charge in [0.05, 0.1) is 4.88 Å². The van der Waals surface area contributed by atoms with Gasteiger partial charge in [-0.25, -0.2) is 4.79 Å². The highest BCUT2D eigenvalue weighted by atomic mass is 32.1. The van der Waals surface area contributed by atoms with Crippen LogP contribution >= 0.6 is 11.3 Å². The predicted molar refractivity (Wildman–Crippen MR) is 95.0 cm³/mol. The van der Waals surface area contributed by atoms with Crippen molar-refractivity contribution in [3.8, 4) is 0 Å². The lowest BCUT2D eigenvalue weighted by molar-refractivity contribution is -0.134. The number of rotatable bonds is 2. The molecule has 2 aromatic rings. The molecule has 0 radical (unpaired) electrons. The molecule has 7 heteroatoms. The van der Waals surface area contributed by atoms with E-state index in [4.69, 9.17) is 0 Å². The summed E-state index contributed by atoms with van der Waals surface area (Å²) in [6.45, 7) is 2.15. The molecule has 1 saturated heterocycles. The monoisotopic (exact) mass is 357 g/mol. The fraction of sp³-hybridized carbons (Fsp3) is 0.389. The van der Waals surface area contributed by atoms with E-state index in [2.05, 4.69) is 17.7 Å². The van der Waals surface area contributed by atoms with Gasteiger partial charge < -0.3 is 5.32 Å². The molecule has 0 unspecified atom stereocenters. The van der Waals surface area contributed by atoms with Crippen LogP contribution in [0, 0.1) is 5.92 Å². The summed E-state index contributed by atoms with van der Waals surface area (Å²) in [5.41, 5.74) is 1.63. The molecule has 1 saturated carbocycles. The number of fused-ring (bicyclic) bond motifs is 1. The van der Waals surface area contributed by atoms with Crippen LogP contribution in [0.5, 0.6) is 0 Å². The van der Waals surface area contributed by atoms with Crippen molar-refractivity contribution in [3.63, 3.8) is 0 Å².